The third-order valence-corrected chi connectivity index (χ3v) is 4.82. The maximum atomic E-state index is 11.8. The minimum Gasteiger partial charge on any atom is -0.460 e. The molecule has 0 heterocycles. The number of ether oxygens (including phenoxy) is 10. The lowest BCUT2D eigenvalue weighted by molar-refractivity contribution is -0.0257. The summed E-state index contributed by atoms with van der Waals surface area (Å²) in [4.78, 5) is 11.8. The molecule has 0 spiro atoms. The minimum atomic E-state index is -0.355. The molecule has 0 aliphatic heterocycles. The Morgan fingerprint density at radius 2 is 0.718 bits per heavy atom. The van der Waals surface area contributed by atoms with Crippen molar-refractivity contribution in [3.05, 3.63) is 35.9 Å². The molecule has 0 unspecified atom stereocenters. The highest BCUT2D eigenvalue weighted by Gasteiger charge is 2.05. The second-order valence-corrected chi connectivity index (χ2v) is 8.08. The molecule has 1 rings (SSSR count). The van der Waals surface area contributed by atoms with Crippen LogP contribution in [0.1, 0.15) is 10.4 Å². The van der Waals surface area contributed by atoms with E-state index in [2.05, 4.69) is 0 Å². The number of alkyl halides is 1. The van der Waals surface area contributed by atoms with Crippen LogP contribution in [0.4, 0.5) is 0 Å². The molecule has 0 atom stereocenters. The molecule has 0 amide bonds. The SMILES string of the molecule is O=C(OCCOCCOCCOCCOCCOCCOCCOCCOCCOCCCl)c1ccccc1. The summed E-state index contributed by atoms with van der Waals surface area (Å²) in [5, 5.41) is 0. The predicted molar refractivity (Wildman–Crippen MR) is 145 cm³/mol. The lowest BCUT2D eigenvalue weighted by Crippen LogP contribution is -2.15. The quantitative estimate of drug-likeness (QED) is 0.0759. The standard InChI is InChI=1S/C27H45ClO11/c28-6-7-30-8-9-31-10-11-32-12-13-33-14-15-34-16-17-35-18-19-36-20-21-37-22-23-38-24-25-39-27(29)26-4-2-1-3-5-26/h1-5H,6-25H2. The first-order valence-electron chi connectivity index (χ1n) is 13.3. The minimum absolute atomic E-state index is 0.204. The molecule has 0 fully saturated rings. The van der Waals surface area contributed by atoms with Crippen LogP contribution in [0.2, 0.25) is 0 Å². The number of halogens is 1. The highest BCUT2D eigenvalue weighted by molar-refractivity contribution is 6.17. The molecule has 0 aliphatic carbocycles. The molecule has 1 aromatic carbocycles. The van der Waals surface area contributed by atoms with Gasteiger partial charge in [0.15, 0.2) is 0 Å². The monoisotopic (exact) mass is 580 g/mol. The third kappa shape index (κ3) is 25.3. The smallest absolute Gasteiger partial charge is 0.338 e. The van der Waals surface area contributed by atoms with Crippen molar-refractivity contribution in [3.8, 4) is 0 Å². The van der Waals surface area contributed by atoms with E-state index < -0.39 is 0 Å². The highest BCUT2D eigenvalue weighted by Crippen LogP contribution is 2.00. The summed E-state index contributed by atoms with van der Waals surface area (Å²) in [5.74, 6) is 0.140. The van der Waals surface area contributed by atoms with Crippen molar-refractivity contribution in [3.63, 3.8) is 0 Å². The molecular formula is C27H45ClO11. The van der Waals surface area contributed by atoms with Gasteiger partial charge in [0.2, 0.25) is 0 Å². The molecule has 0 aliphatic rings. The van der Waals surface area contributed by atoms with Crippen LogP contribution in [-0.4, -0.2) is 137 Å². The summed E-state index contributed by atoms with van der Waals surface area (Å²) < 4.78 is 53.6. The molecule has 226 valence electrons. The van der Waals surface area contributed by atoms with E-state index >= 15 is 0 Å². The normalized spacial score (nSPS) is 11.2. The second kappa shape index (κ2) is 29.6. The van der Waals surface area contributed by atoms with Crippen LogP contribution in [0.5, 0.6) is 0 Å². The van der Waals surface area contributed by atoms with Crippen molar-refractivity contribution in [2.75, 3.05) is 131 Å². The third-order valence-electron chi connectivity index (χ3n) is 4.67. The molecule has 0 aromatic heterocycles. The number of carbonyl (C=O) groups excluding carboxylic acids is 1. The second-order valence-electron chi connectivity index (χ2n) is 7.70. The Morgan fingerprint density at radius 3 is 1.03 bits per heavy atom. The maximum Gasteiger partial charge on any atom is 0.338 e. The van der Waals surface area contributed by atoms with Crippen LogP contribution < -0.4 is 0 Å². The van der Waals surface area contributed by atoms with E-state index in [-0.39, 0.29) is 12.6 Å². The highest BCUT2D eigenvalue weighted by atomic mass is 35.5. The Balaban J connectivity index is 1.65. The summed E-state index contributed by atoms with van der Waals surface area (Å²) in [6.07, 6.45) is 0. The van der Waals surface area contributed by atoms with E-state index in [0.717, 1.165) is 0 Å². The van der Waals surface area contributed by atoms with Crippen LogP contribution in [0.3, 0.4) is 0 Å². The molecule has 0 N–H and O–H groups in total. The molecule has 0 bridgehead atoms. The van der Waals surface area contributed by atoms with Crippen LogP contribution >= 0.6 is 11.6 Å². The van der Waals surface area contributed by atoms with E-state index in [1.165, 1.54) is 0 Å². The molecule has 12 heteroatoms. The Kier molecular flexibility index (Phi) is 27.1. The first kappa shape index (κ1) is 35.6. The van der Waals surface area contributed by atoms with Gasteiger partial charge in [0, 0.05) is 5.88 Å². The fourth-order valence-corrected chi connectivity index (χ4v) is 2.88. The van der Waals surface area contributed by atoms with E-state index in [4.69, 9.17) is 59.0 Å². The van der Waals surface area contributed by atoms with Gasteiger partial charge in [-0.2, -0.15) is 0 Å². The van der Waals surface area contributed by atoms with E-state index in [9.17, 15) is 4.79 Å². The zero-order chi connectivity index (χ0) is 27.9. The van der Waals surface area contributed by atoms with Gasteiger partial charge in [-0.3, -0.25) is 0 Å². The zero-order valence-electron chi connectivity index (χ0n) is 22.9. The van der Waals surface area contributed by atoms with Crippen LogP contribution in [0.15, 0.2) is 30.3 Å². The first-order valence-corrected chi connectivity index (χ1v) is 13.9. The lowest BCUT2D eigenvalue weighted by atomic mass is 10.2. The van der Waals surface area contributed by atoms with Crippen LogP contribution in [0.25, 0.3) is 0 Å². The van der Waals surface area contributed by atoms with Crippen LogP contribution in [0, 0.1) is 0 Å². The van der Waals surface area contributed by atoms with Crippen molar-refractivity contribution in [2.24, 2.45) is 0 Å². The number of hydrogen-bond acceptors (Lipinski definition) is 11. The topological polar surface area (TPSA) is 109 Å². The fraction of sp³-hybridized carbons (Fsp3) is 0.741. The van der Waals surface area contributed by atoms with Crippen molar-refractivity contribution >= 4 is 17.6 Å². The number of rotatable bonds is 30. The molecular weight excluding hydrogens is 536 g/mol. The van der Waals surface area contributed by atoms with Crippen molar-refractivity contribution in [1.82, 2.24) is 0 Å². The van der Waals surface area contributed by atoms with Gasteiger partial charge in [0.1, 0.15) is 6.61 Å². The first-order chi connectivity index (χ1) is 19.3. The average molecular weight is 581 g/mol. The van der Waals surface area contributed by atoms with Gasteiger partial charge >= 0.3 is 5.97 Å². The molecule has 0 saturated heterocycles. The zero-order valence-corrected chi connectivity index (χ0v) is 23.7. The summed E-state index contributed by atoms with van der Waals surface area (Å²) in [7, 11) is 0. The Hall–Kier alpha value is -1.38. The van der Waals surface area contributed by atoms with Crippen molar-refractivity contribution in [2.45, 2.75) is 0 Å². The lowest BCUT2D eigenvalue weighted by Gasteiger charge is -2.09. The molecule has 39 heavy (non-hydrogen) atoms. The Morgan fingerprint density at radius 1 is 0.436 bits per heavy atom. The molecule has 1 aromatic rings. The summed E-state index contributed by atoms with van der Waals surface area (Å²) in [5.41, 5.74) is 0.527. The van der Waals surface area contributed by atoms with Crippen molar-refractivity contribution in [1.29, 1.82) is 0 Å². The predicted octanol–water partition coefficient (Wildman–Crippen LogP) is 2.23. The number of benzene rings is 1. The van der Waals surface area contributed by atoms with Gasteiger partial charge in [-0.1, -0.05) is 18.2 Å². The van der Waals surface area contributed by atoms with E-state index in [1.807, 2.05) is 6.07 Å². The van der Waals surface area contributed by atoms with Crippen molar-refractivity contribution < 1.29 is 52.2 Å². The van der Waals surface area contributed by atoms with Crippen LogP contribution in [-0.2, 0) is 47.4 Å². The Bertz CT molecular complexity index is 639. The van der Waals surface area contributed by atoms with E-state index in [0.29, 0.717) is 130 Å². The van der Waals surface area contributed by atoms with Gasteiger partial charge in [0.25, 0.3) is 0 Å². The number of esters is 1. The summed E-state index contributed by atoms with van der Waals surface area (Å²) in [6, 6.07) is 8.85. The maximum absolute atomic E-state index is 11.8. The average Bonchev–Trinajstić information content (AvgIpc) is 2.96. The van der Waals surface area contributed by atoms with E-state index in [1.54, 1.807) is 24.3 Å². The van der Waals surface area contributed by atoms with Gasteiger partial charge in [0.05, 0.1) is 124 Å². The van der Waals surface area contributed by atoms with Gasteiger partial charge in [-0.25, -0.2) is 4.79 Å². The Labute approximate surface area is 237 Å². The number of carbonyl (C=O) groups is 1. The summed E-state index contributed by atoms with van der Waals surface area (Å²) >= 11 is 5.50. The summed E-state index contributed by atoms with van der Waals surface area (Å²) in [6.45, 7) is 9.05. The molecule has 0 radical (unpaired) electrons. The number of hydrogen-bond donors (Lipinski definition) is 0. The molecule has 0 saturated carbocycles. The fourth-order valence-electron chi connectivity index (χ4n) is 2.77. The largest absolute Gasteiger partial charge is 0.460 e. The van der Waals surface area contributed by atoms with Gasteiger partial charge in [-0.05, 0) is 12.1 Å². The molecule has 11 nitrogen and oxygen atoms in total. The van der Waals surface area contributed by atoms with Gasteiger partial charge in [-0.15, -0.1) is 11.6 Å². The van der Waals surface area contributed by atoms with Gasteiger partial charge < -0.3 is 47.4 Å².